The summed E-state index contributed by atoms with van der Waals surface area (Å²) in [6, 6.07) is 6.25. The number of amides is 1. The zero-order chi connectivity index (χ0) is 15.2. The Kier molecular flexibility index (Phi) is 5.20. The smallest absolute Gasteiger partial charge is 0.262 e. The molecule has 1 heterocycles. The molecule has 0 saturated carbocycles. The van der Waals surface area contributed by atoms with Crippen LogP contribution in [0.15, 0.2) is 23.8 Å². The van der Waals surface area contributed by atoms with Crippen molar-refractivity contribution in [1.82, 2.24) is 5.32 Å². The van der Waals surface area contributed by atoms with Crippen molar-refractivity contribution < 1.29 is 14.6 Å². The average molecular weight is 307 g/mol. The van der Waals surface area contributed by atoms with E-state index in [1.54, 1.807) is 0 Å². The molecule has 1 saturated heterocycles. The second-order valence-corrected chi connectivity index (χ2v) is 5.15. The van der Waals surface area contributed by atoms with E-state index >= 15 is 0 Å². The highest BCUT2D eigenvalue weighted by molar-refractivity contribution is 6.30. The van der Waals surface area contributed by atoms with Crippen LogP contribution in [0.1, 0.15) is 18.4 Å². The molecule has 1 atom stereocenters. The summed E-state index contributed by atoms with van der Waals surface area (Å²) in [5.41, 5.74) is 0.233. The molecular formula is C15H15ClN2O3. The summed E-state index contributed by atoms with van der Waals surface area (Å²) < 4.78 is 5.40. The van der Waals surface area contributed by atoms with Crippen molar-refractivity contribution >= 4 is 23.6 Å². The first-order valence-corrected chi connectivity index (χ1v) is 6.98. The highest BCUT2D eigenvalue weighted by atomic mass is 35.5. The van der Waals surface area contributed by atoms with Crippen LogP contribution in [0.3, 0.4) is 0 Å². The molecule has 110 valence electrons. The zero-order valence-electron chi connectivity index (χ0n) is 11.3. The molecule has 1 amide bonds. The largest absolute Gasteiger partial charge is 0.507 e. The van der Waals surface area contributed by atoms with Crippen molar-refractivity contribution in [2.75, 3.05) is 13.2 Å². The average Bonchev–Trinajstić information content (AvgIpc) is 2.99. The Balaban J connectivity index is 2.07. The number of phenols is 1. The first kappa shape index (κ1) is 15.4. The third-order valence-electron chi connectivity index (χ3n) is 3.17. The van der Waals surface area contributed by atoms with Crippen LogP contribution < -0.4 is 5.32 Å². The number of carbonyl (C=O) groups is 1. The minimum absolute atomic E-state index is 0.00784. The SMILES string of the molecule is N#C/C(=C\c1cc(Cl)ccc1O)C(=O)NC[C@@H]1CCCO1. The van der Waals surface area contributed by atoms with Gasteiger partial charge >= 0.3 is 0 Å². The van der Waals surface area contributed by atoms with Crippen molar-refractivity contribution in [3.63, 3.8) is 0 Å². The minimum atomic E-state index is -0.493. The third-order valence-corrected chi connectivity index (χ3v) is 3.40. The highest BCUT2D eigenvalue weighted by Crippen LogP contribution is 2.23. The van der Waals surface area contributed by atoms with Gasteiger partial charge in [0.05, 0.1) is 6.10 Å². The fourth-order valence-corrected chi connectivity index (χ4v) is 2.23. The number of rotatable bonds is 4. The molecule has 1 fully saturated rings. The topological polar surface area (TPSA) is 82.3 Å². The molecular weight excluding hydrogens is 292 g/mol. The van der Waals surface area contributed by atoms with Crippen molar-refractivity contribution in [3.05, 3.63) is 34.4 Å². The molecule has 0 radical (unpaired) electrons. The Morgan fingerprint density at radius 3 is 3.10 bits per heavy atom. The molecule has 0 aromatic heterocycles. The van der Waals surface area contributed by atoms with Crippen LogP contribution >= 0.6 is 11.6 Å². The number of hydrogen-bond acceptors (Lipinski definition) is 4. The van der Waals surface area contributed by atoms with Crippen LogP contribution in [-0.4, -0.2) is 30.3 Å². The second-order valence-electron chi connectivity index (χ2n) is 4.72. The van der Waals surface area contributed by atoms with Crippen molar-refractivity contribution in [1.29, 1.82) is 5.26 Å². The number of nitrogens with one attached hydrogen (secondary N) is 1. The summed E-state index contributed by atoms with van der Waals surface area (Å²) in [5.74, 6) is -0.536. The Morgan fingerprint density at radius 2 is 2.43 bits per heavy atom. The molecule has 0 bridgehead atoms. The number of aromatic hydroxyl groups is 1. The van der Waals surface area contributed by atoms with E-state index in [2.05, 4.69) is 5.32 Å². The molecule has 21 heavy (non-hydrogen) atoms. The summed E-state index contributed by atoms with van der Waals surface area (Å²) in [6.07, 6.45) is 3.21. The number of carbonyl (C=O) groups excluding carboxylic acids is 1. The van der Waals surface area contributed by atoms with Crippen molar-refractivity contribution in [2.24, 2.45) is 0 Å². The monoisotopic (exact) mass is 306 g/mol. The van der Waals surface area contributed by atoms with Crippen LogP contribution in [0.4, 0.5) is 0 Å². The maximum Gasteiger partial charge on any atom is 0.262 e. The molecule has 6 heteroatoms. The van der Waals surface area contributed by atoms with E-state index in [1.807, 2.05) is 6.07 Å². The normalized spacial score (nSPS) is 18.3. The lowest BCUT2D eigenvalue weighted by Gasteiger charge is -2.10. The van der Waals surface area contributed by atoms with E-state index < -0.39 is 5.91 Å². The van der Waals surface area contributed by atoms with Gasteiger partial charge in [0.1, 0.15) is 17.4 Å². The first-order valence-electron chi connectivity index (χ1n) is 6.60. The van der Waals surface area contributed by atoms with Gasteiger partial charge in [-0.2, -0.15) is 5.26 Å². The highest BCUT2D eigenvalue weighted by Gasteiger charge is 2.17. The van der Waals surface area contributed by atoms with Crippen LogP contribution in [0.5, 0.6) is 5.75 Å². The van der Waals surface area contributed by atoms with E-state index in [-0.39, 0.29) is 17.4 Å². The molecule has 0 spiro atoms. The van der Waals surface area contributed by atoms with Crippen LogP contribution in [0, 0.1) is 11.3 Å². The fourth-order valence-electron chi connectivity index (χ4n) is 2.05. The molecule has 2 rings (SSSR count). The van der Waals surface area contributed by atoms with E-state index in [9.17, 15) is 9.90 Å². The van der Waals surface area contributed by atoms with Crippen molar-refractivity contribution in [2.45, 2.75) is 18.9 Å². The van der Waals surface area contributed by atoms with E-state index in [1.165, 1.54) is 24.3 Å². The van der Waals surface area contributed by atoms with Gasteiger partial charge in [0.25, 0.3) is 5.91 Å². The van der Waals surface area contributed by atoms with Gasteiger partial charge < -0.3 is 15.2 Å². The lowest BCUT2D eigenvalue weighted by Crippen LogP contribution is -2.32. The number of nitriles is 1. The van der Waals surface area contributed by atoms with Gasteiger partial charge in [0.2, 0.25) is 0 Å². The van der Waals surface area contributed by atoms with Gasteiger partial charge in [-0.25, -0.2) is 0 Å². The molecule has 1 aliphatic rings. The van der Waals surface area contributed by atoms with E-state index in [0.29, 0.717) is 23.7 Å². The molecule has 1 aromatic rings. The summed E-state index contributed by atoms with van der Waals surface area (Å²) in [7, 11) is 0. The number of halogens is 1. The maximum atomic E-state index is 12.0. The van der Waals surface area contributed by atoms with E-state index in [4.69, 9.17) is 21.6 Å². The Labute approximate surface area is 127 Å². The minimum Gasteiger partial charge on any atom is -0.507 e. The Bertz CT molecular complexity index is 601. The summed E-state index contributed by atoms with van der Waals surface area (Å²) in [4.78, 5) is 12.0. The molecule has 1 aliphatic heterocycles. The Morgan fingerprint density at radius 1 is 1.62 bits per heavy atom. The van der Waals surface area contributed by atoms with Gasteiger partial charge in [-0.1, -0.05) is 11.6 Å². The molecule has 0 aliphatic carbocycles. The summed E-state index contributed by atoms with van der Waals surface area (Å²) in [5, 5.41) is 21.9. The Hall–Kier alpha value is -2.03. The molecule has 2 N–H and O–H groups in total. The number of hydrogen-bond donors (Lipinski definition) is 2. The van der Waals surface area contributed by atoms with Gasteiger partial charge in [0, 0.05) is 23.7 Å². The van der Waals surface area contributed by atoms with Crippen LogP contribution in [0.2, 0.25) is 5.02 Å². The van der Waals surface area contributed by atoms with Gasteiger partial charge in [-0.05, 0) is 37.1 Å². The maximum absolute atomic E-state index is 12.0. The first-order chi connectivity index (χ1) is 10.1. The predicted octanol–water partition coefficient (Wildman–Crippen LogP) is 2.25. The molecule has 1 aromatic carbocycles. The predicted molar refractivity (Wildman–Crippen MR) is 78.7 cm³/mol. The fraction of sp³-hybridized carbons (Fsp3) is 0.333. The standard InChI is InChI=1S/C15H15ClN2O3/c16-12-3-4-14(19)10(7-12)6-11(8-17)15(20)18-9-13-2-1-5-21-13/h3-4,6-7,13,19H,1-2,5,9H2,(H,18,20)/b11-6+/t13-/m0/s1. The van der Waals surface area contributed by atoms with Gasteiger partial charge in [-0.3, -0.25) is 4.79 Å². The van der Waals surface area contributed by atoms with Crippen LogP contribution in [-0.2, 0) is 9.53 Å². The van der Waals surface area contributed by atoms with Crippen LogP contribution in [0.25, 0.3) is 6.08 Å². The number of benzene rings is 1. The van der Waals surface area contributed by atoms with E-state index in [0.717, 1.165) is 12.8 Å². The summed E-state index contributed by atoms with van der Waals surface area (Å²) in [6.45, 7) is 1.08. The zero-order valence-corrected chi connectivity index (χ0v) is 12.1. The van der Waals surface area contributed by atoms with Gasteiger partial charge in [-0.15, -0.1) is 0 Å². The molecule has 5 nitrogen and oxygen atoms in total. The number of ether oxygens (including phenoxy) is 1. The quantitative estimate of drug-likeness (QED) is 0.660. The number of nitrogens with zero attached hydrogens (tertiary/aromatic N) is 1. The van der Waals surface area contributed by atoms with Crippen molar-refractivity contribution in [3.8, 4) is 11.8 Å². The summed E-state index contributed by atoms with van der Waals surface area (Å²) >= 11 is 5.83. The lowest BCUT2D eigenvalue weighted by atomic mass is 10.1. The lowest BCUT2D eigenvalue weighted by molar-refractivity contribution is -0.117. The second kappa shape index (κ2) is 7.11. The third kappa shape index (κ3) is 4.22. The molecule has 0 unspecified atom stereocenters. The number of phenolic OH excluding ortho intramolecular Hbond substituents is 1. The van der Waals surface area contributed by atoms with Gasteiger partial charge in [0.15, 0.2) is 0 Å².